The molecule has 0 radical (unpaired) electrons. The summed E-state index contributed by atoms with van der Waals surface area (Å²) in [4.78, 5) is 19.4. The zero-order valence-electron chi connectivity index (χ0n) is 16.9. The Bertz CT molecular complexity index is 748. The van der Waals surface area contributed by atoms with Gasteiger partial charge in [-0.15, -0.1) is 0 Å². The number of likely N-dealkylation sites (N-methyl/N-ethyl adjacent to an activating group) is 1. The predicted molar refractivity (Wildman–Crippen MR) is 109 cm³/mol. The molecule has 148 valence electrons. The highest BCUT2D eigenvalue weighted by Crippen LogP contribution is 2.22. The number of hydrogen-bond acceptors (Lipinski definition) is 5. The van der Waals surface area contributed by atoms with Gasteiger partial charge in [0.25, 0.3) is 0 Å². The number of esters is 1. The largest absolute Gasteiger partial charge is 0.465 e. The lowest BCUT2D eigenvalue weighted by Gasteiger charge is -2.35. The smallest absolute Gasteiger partial charge is 0.340 e. The van der Waals surface area contributed by atoms with Crippen LogP contribution in [0.4, 0.5) is 0 Å². The first-order valence-electron chi connectivity index (χ1n) is 9.84. The lowest BCUT2D eigenvalue weighted by Crippen LogP contribution is -2.48. The number of piperazine rings is 1. The molecule has 0 spiro atoms. The van der Waals surface area contributed by atoms with E-state index in [0.29, 0.717) is 5.56 Å². The summed E-state index contributed by atoms with van der Waals surface area (Å²) < 4.78 is 7.12. The highest BCUT2D eigenvalue weighted by Gasteiger charge is 2.17. The number of carbonyl (C=O) groups is 1. The molecule has 2 heterocycles. The molecule has 1 saturated heterocycles. The third kappa shape index (κ3) is 5.09. The van der Waals surface area contributed by atoms with Crippen LogP contribution in [0.5, 0.6) is 0 Å². The van der Waals surface area contributed by atoms with Crippen molar-refractivity contribution in [1.29, 1.82) is 0 Å². The number of fused-ring (bicyclic) bond motifs is 1. The molecule has 0 aliphatic carbocycles. The zero-order chi connectivity index (χ0) is 19.2. The van der Waals surface area contributed by atoms with Gasteiger partial charge in [-0.3, -0.25) is 4.90 Å². The van der Waals surface area contributed by atoms with Crippen LogP contribution in [-0.4, -0.2) is 92.3 Å². The number of carbonyl (C=O) groups excluding carboxylic acids is 1. The Kier molecular flexibility index (Phi) is 6.88. The third-order valence-electron chi connectivity index (χ3n) is 5.40. The number of methoxy groups -OCH3 is 1. The van der Waals surface area contributed by atoms with E-state index < -0.39 is 0 Å². The van der Waals surface area contributed by atoms with Crippen molar-refractivity contribution in [3.8, 4) is 0 Å². The Labute approximate surface area is 162 Å². The predicted octanol–water partition coefficient (Wildman–Crippen LogP) is 2.00. The summed E-state index contributed by atoms with van der Waals surface area (Å²) in [6.07, 6.45) is 3.02. The zero-order valence-corrected chi connectivity index (χ0v) is 16.9. The van der Waals surface area contributed by atoms with E-state index in [2.05, 4.69) is 39.4 Å². The monoisotopic (exact) mass is 372 g/mol. The van der Waals surface area contributed by atoms with Gasteiger partial charge in [-0.2, -0.15) is 0 Å². The van der Waals surface area contributed by atoms with E-state index in [4.69, 9.17) is 4.74 Å². The van der Waals surface area contributed by atoms with Gasteiger partial charge >= 0.3 is 5.97 Å². The topological polar surface area (TPSA) is 41.0 Å². The molecule has 6 nitrogen and oxygen atoms in total. The van der Waals surface area contributed by atoms with Crippen LogP contribution in [0.3, 0.4) is 0 Å². The maximum Gasteiger partial charge on any atom is 0.340 e. The van der Waals surface area contributed by atoms with Crippen LogP contribution in [0.15, 0.2) is 30.5 Å². The summed E-state index contributed by atoms with van der Waals surface area (Å²) in [7, 11) is 5.70. The van der Waals surface area contributed by atoms with Gasteiger partial charge in [0, 0.05) is 62.9 Å². The van der Waals surface area contributed by atoms with Crippen molar-refractivity contribution in [3.63, 3.8) is 0 Å². The molecule has 2 aromatic rings. The maximum absolute atomic E-state index is 12.0. The van der Waals surface area contributed by atoms with E-state index in [1.54, 1.807) is 0 Å². The fraction of sp³-hybridized carbons (Fsp3) is 0.571. The Morgan fingerprint density at radius 1 is 1.04 bits per heavy atom. The van der Waals surface area contributed by atoms with Crippen LogP contribution < -0.4 is 0 Å². The number of benzene rings is 1. The number of para-hydroxylation sites is 1. The van der Waals surface area contributed by atoms with Crippen molar-refractivity contribution >= 4 is 16.9 Å². The Morgan fingerprint density at radius 2 is 1.70 bits per heavy atom. The summed E-state index contributed by atoms with van der Waals surface area (Å²) in [6.45, 7) is 8.91. The average Bonchev–Trinajstić information content (AvgIpc) is 3.05. The highest BCUT2D eigenvalue weighted by atomic mass is 16.5. The van der Waals surface area contributed by atoms with Gasteiger partial charge in [0.05, 0.1) is 12.7 Å². The van der Waals surface area contributed by atoms with Crippen molar-refractivity contribution in [2.75, 3.05) is 67.0 Å². The summed E-state index contributed by atoms with van der Waals surface area (Å²) in [5.41, 5.74) is 1.76. The first-order chi connectivity index (χ1) is 13.1. The molecule has 27 heavy (non-hydrogen) atoms. The molecular formula is C21H32N4O2. The summed E-state index contributed by atoms with van der Waals surface area (Å²) in [5.74, 6) is -0.265. The van der Waals surface area contributed by atoms with E-state index in [1.807, 2.05) is 24.4 Å². The summed E-state index contributed by atoms with van der Waals surface area (Å²) in [5, 5.41) is 0.971. The minimum atomic E-state index is -0.265. The average molecular weight is 373 g/mol. The summed E-state index contributed by atoms with van der Waals surface area (Å²) in [6, 6.07) is 8.05. The minimum Gasteiger partial charge on any atom is -0.465 e. The quantitative estimate of drug-likeness (QED) is 0.663. The van der Waals surface area contributed by atoms with Crippen LogP contribution in [0.25, 0.3) is 10.9 Å². The molecule has 3 rings (SSSR count). The fourth-order valence-corrected chi connectivity index (χ4v) is 3.75. The van der Waals surface area contributed by atoms with Crippen molar-refractivity contribution in [2.24, 2.45) is 0 Å². The Balaban J connectivity index is 1.51. The number of rotatable bonds is 8. The molecular weight excluding hydrogens is 340 g/mol. The van der Waals surface area contributed by atoms with Crippen LogP contribution >= 0.6 is 0 Å². The van der Waals surface area contributed by atoms with Gasteiger partial charge in [-0.05, 0) is 33.1 Å². The van der Waals surface area contributed by atoms with E-state index >= 15 is 0 Å². The molecule has 1 aromatic carbocycles. The Hall–Kier alpha value is -1.89. The third-order valence-corrected chi connectivity index (χ3v) is 5.40. The molecule has 1 aliphatic rings. The van der Waals surface area contributed by atoms with Crippen LogP contribution in [0.2, 0.25) is 0 Å². The molecule has 1 aromatic heterocycles. The van der Waals surface area contributed by atoms with Gasteiger partial charge in [0.15, 0.2) is 0 Å². The molecule has 0 saturated carbocycles. The van der Waals surface area contributed by atoms with E-state index in [0.717, 1.165) is 69.7 Å². The lowest BCUT2D eigenvalue weighted by molar-refractivity contribution is 0.0602. The minimum absolute atomic E-state index is 0.265. The SMILES string of the molecule is COC(=O)c1cn(CCCN2CCN(CCN(C)C)CC2)c2ccccc12. The fourth-order valence-electron chi connectivity index (χ4n) is 3.75. The van der Waals surface area contributed by atoms with Crippen LogP contribution in [0.1, 0.15) is 16.8 Å². The van der Waals surface area contributed by atoms with Crippen molar-refractivity contribution in [3.05, 3.63) is 36.0 Å². The van der Waals surface area contributed by atoms with Crippen molar-refractivity contribution < 1.29 is 9.53 Å². The highest BCUT2D eigenvalue weighted by molar-refractivity contribution is 6.04. The molecule has 0 bridgehead atoms. The van der Waals surface area contributed by atoms with E-state index in [1.165, 1.54) is 7.11 Å². The molecule has 1 aliphatic heterocycles. The van der Waals surface area contributed by atoms with Crippen LogP contribution in [-0.2, 0) is 11.3 Å². The molecule has 0 atom stereocenters. The van der Waals surface area contributed by atoms with Crippen molar-refractivity contribution in [2.45, 2.75) is 13.0 Å². The number of ether oxygens (including phenoxy) is 1. The molecule has 6 heteroatoms. The molecule has 0 unspecified atom stereocenters. The second-order valence-electron chi connectivity index (χ2n) is 7.59. The van der Waals surface area contributed by atoms with Gasteiger partial charge in [0.1, 0.15) is 0 Å². The van der Waals surface area contributed by atoms with Gasteiger partial charge in [0.2, 0.25) is 0 Å². The van der Waals surface area contributed by atoms with Gasteiger partial charge in [-0.1, -0.05) is 18.2 Å². The second-order valence-corrected chi connectivity index (χ2v) is 7.59. The number of hydrogen-bond donors (Lipinski definition) is 0. The summed E-state index contributed by atoms with van der Waals surface area (Å²) >= 11 is 0. The van der Waals surface area contributed by atoms with Gasteiger partial charge < -0.3 is 19.1 Å². The number of aryl methyl sites for hydroxylation is 1. The number of aromatic nitrogens is 1. The van der Waals surface area contributed by atoms with E-state index in [-0.39, 0.29) is 5.97 Å². The second kappa shape index (κ2) is 9.35. The van der Waals surface area contributed by atoms with Crippen LogP contribution in [0, 0.1) is 0 Å². The molecule has 0 amide bonds. The van der Waals surface area contributed by atoms with Crippen molar-refractivity contribution in [1.82, 2.24) is 19.3 Å². The first kappa shape index (κ1) is 19.9. The molecule has 0 N–H and O–H groups in total. The standard InChI is InChI=1S/C21H32N4O2/c1-22(2)11-12-24-15-13-23(14-16-24)9-6-10-25-17-19(21(26)27-3)18-7-4-5-8-20(18)25/h4-5,7-8,17H,6,9-16H2,1-3H3. The molecule has 1 fully saturated rings. The normalized spacial score (nSPS) is 16.3. The first-order valence-corrected chi connectivity index (χ1v) is 9.84. The Morgan fingerprint density at radius 3 is 2.37 bits per heavy atom. The van der Waals surface area contributed by atoms with Gasteiger partial charge in [-0.25, -0.2) is 4.79 Å². The van der Waals surface area contributed by atoms with E-state index in [9.17, 15) is 4.79 Å². The number of nitrogens with zero attached hydrogens (tertiary/aromatic N) is 4. The lowest BCUT2D eigenvalue weighted by atomic mass is 10.2. The maximum atomic E-state index is 12.0.